The van der Waals surface area contributed by atoms with Crippen molar-refractivity contribution in [2.45, 2.75) is 77.0 Å². The SMILES string of the molecule is CC(C)CC(NC(=O)OCc1ccccc1)C(=O)N(CC1CCCCC1)C1(C#N)CCNC1. The van der Waals surface area contributed by atoms with E-state index in [4.69, 9.17) is 4.74 Å². The summed E-state index contributed by atoms with van der Waals surface area (Å²) in [6.45, 7) is 5.95. The lowest BCUT2D eigenvalue weighted by Crippen LogP contribution is -2.60. The number of amides is 2. The van der Waals surface area contributed by atoms with Gasteiger partial charge in [-0.25, -0.2) is 4.79 Å². The second-order valence-corrected chi connectivity index (χ2v) is 9.91. The third kappa shape index (κ3) is 6.94. The molecule has 2 unspecified atom stereocenters. The Kier molecular flexibility index (Phi) is 9.13. The van der Waals surface area contributed by atoms with Crippen molar-refractivity contribution in [3.8, 4) is 6.07 Å². The molecule has 1 heterocycles. The van der Waals surface area contributed by atoms with Gasteiger partial charge in [0.1, 0.15) is 18.2 Å². The Bertz CT molecular complexity index is 809. The van der Waals surface area contributed by atoms with E-state index in [1.165, 1.54) is 19.3 Å². The Morgan fingerprint density at radius 2 is 1.97 bits per heavy atom. The van der Waals surface area contributed by atoms with Crippen LogP contribution in [0, 0.1) is 23.2 Å². The maximum Gasteiger partial charge on any atom is 0.408 e. The molecule has 3 rings (SSSR count). The van der Waals surface area contributed by atoms with Crippen LogP contribution in [0.15, 0.2) is 30.3 Å². The smallest absolute Gasteiger partial charge is 0.408 e. The van der Waals surface area contributed by atoms with Crippen LogP contribution >= 0.6 is 0 Å². The van der Waals surface area contributed by atoms with Crippen molar-refractivity contribution in [3.63, 3.8) is 0 Å². The van der Waals surface area contributed by atoms with Gasteiger partial charge in [0.05, 0.1) is 6.07 Å². The predicted octanol–water partition coefficient (Wildman–Crippen LogP) is 3.99. The van der Waals surface area contributed by atoms with Crippen molar-refractivity contribution in [2.24, 2.45) is 11.8 Å². The summed E-state index contributed by atoms with van der Waals surface area (Å²) >= 11 is 0. The van der Waals surface area contributed by atoms with Gasteiger partial charge < -0.3 is 20.3 Å². The molecule has 1 saturated carbocycles. The van der Waals surface area contributed by atoms with E-state index in [0.29, 0.717) is 38.4 Å². The van der Waals surface area contributed by atoms with Gasteiger partial charge in [-0.3, -0.25) is 4.79 Å². The predicted molar refractivity (Wildman–Crippen MR) is 127 cm³/mol. The van der Waals surface area contributed by atoms with Crippen LogP contribution in [0.4, 0.5) is 4.79 Å². The van der Waals surface area contributed by atoms with E-state index in [1.54, 1.807) is 4.90 Å². The molecular weight excluding hydrogens is 416 g/mol. The summed E-state index contributed by atoms with van der Waals surface area (Å²) in [7, 11) is 0. The largest absolute Gasteiger partial charge is 0.445 e. The molecule has 0 spiro atoms. The van der Waals surface area contributed by atoms with Crippen LogP contribution in [-0.2, 0) is 16.1 Å². The number of ether oxygens (including phenoxy) is 1. The van der Waals surface area contributed by atoms with E-state index in [-0.39, 0.29) is 18.4 Å². The van der Waals surface area contributed by atoms with Crippen molar-refractivity contribution in [1.82, 2.24) is 15.5 Å². The van der Waals surface area contributed by atoms with Crippen LogP contribution in [-0.4, -0.2) is 48.1 Å². The van der Waals surface area contributed by atoms with Gasteiger partial charge in [-0.1, -0.05) is 63.4 Å². The lowest BCUT2D eigenvalue weighted by atomic mass is 9.86. The van der Waals surface area contributed by atoms with Crippen LogP contribution in [0.2, 0.25) is 0 Å². The molecule has 1 aromatic rings. The number of hydrogen-bond donors (Lipinski definition) is 2. The lowest BCUT2D eigenvalue weighted by Gasteiger charge is -2.40. The number of rotatable bonds is 9. The van der Waals surface area contributed by atoms with Gasteiger partial charge in [-0.15, -0.1) is 0 Å². The number of carbonyl (C=O) groups excluding carboxylic acids is 2. The number of nitrogens with one attached hydrogen (secondary N) is 2. The summed E-state index contributed by atoms with van der Waals surface area (Å²) < 4.78 is 5.40. The van der Waals surface area contributed by atoms with Crippen LogP contribution in [0.25, 0.3) is 0 Å². The van der Waals surface area contributed by atoms with Gasteiger partial charge >= 0.3 is 6.09 Å². The highest BCUT2D eigenvalue weighted by Gasteiger charge is 2.45. The Morgan fingerprint density at radius 1 is 1.24 bits per heavy atom. The molecule has 2 N–H and O–H groups in total. The molecular formula is C26H38N4O3. The van der Waals surface area contributed by atoms with Crippen molar-refractivity contribution in [1.29, 1.82) is 5.26 Å². The highest BCUT2D eigenvalue weighted by molar-refractivity contribution is 5.86. The number of nitrogens with zero attached hydrogens (tertiary/aromatic N) is 2. The Labute approximate surface area is 197 Å². The Hall–Kier alpha value is -2.59. The summed E-state index contributed by atoms with van der Waals surface area (Å²) in [4.78, 5) is 28.3. The summed E-state index contributed by atoms with van der Waals surface area (Å²) in [5, 5.41) is 16.2. The first kappa shape index (κ1) is 25.0. The van der Waals surface area contributed by atoms with Gasteiger partial charge in [-0.2, -0.15) is 5.26 Å². The molecule has 7 nitrogen and oxygen atoms in total. The van der Waals surface area contributed by atoms with Crippen molar-refractivity contribution in [2.75, 3.05) is 19.6 Å². The van der Waals surface area contributed by atoms with E-state index < -0.39 is 17.7 Å². The normalized spacial score (nSPS) is 21.9. The molecule has 1 saturated heterocycles. The van der Waals surface area contributed by atoms with Crippen molar-refractivity contribution in [3.05, 3.63) is 35.9 Å². The van der Waals surface area contributed by atoms with Crippen LogP contribution in [0.1, 0.15) is 64.4 Å². The lowest BCUT2D eigenvalue weighted by molar-refractivity contribution is -0.139. The van der Waals surface area contributed by atoms with Gasteiger partial charge in [0.25, 0.3) is 0 Å². The highest BCUT2D eigenvalue weighted by Crippen LogP contribution is 2.30. The third-order valence-electron chi connectivity index (χ3n) is 6.80. The summed E-state index contributed by atoms with van der Waals surface area (Å²) in [6.07, 6.45) is 6.24. The summed E-state index contributed by atoms with van der Waals surface area (Å²) in [6, 6.07) is 11.2. The minimum absolute atomic E-state index is 0.146. The van der Waals surface area contributed by atoms with E-state index in [1.807, 2.05) is 44.2 Å². The first-order chi connectivity index (χ1) is 15.9. The molecule has 2 atom stereocenters. The van der Waals surface area contributed by atoms with Gasteiger partial charge in [-0.05, 0) is 49.6 Å². The van der Waals surface area contributed by atoms with Crippen molar-refractivity contribution < 1.29 is 14.3 Å². The number of hydrogen-bond acceptors (Lipinski definition) is 5. The molecule has 1 aliphatic heterocycles. The standard InChI is InChI=1S/C26H38N4O3/c1-20(2)15-23(29-25(32)33-17-22-11-7-4-8-12-22)24(31)30(16-21-9-5-3-6-10-21)26(18-27)13-14-28-19-26/h4,7-8,11-12,20-21,23,28H,3,5-6,9-10,13-17,19H2,1-2H3,(H,29,32). The second-order valence-electron chi connectivity index (χ2n) is 9.91. The quantitative estimate of drug-likeness (QED) is 0.588. The zero-order valence-corrected chi connectivity index (χ0v) is 20.0. The van der Waals surface area contributed by atoms with Gasteiger partial charge in [0.2, 0.25) is 5.91 Å². The number of alkyl carbamates (subject to hydrolysis) is 1. The second kappa shape index (κ2) is 12.0. The number of benzene rings is 1. The fourth-order valence-electron chi connectivity index (χ4n) is 4.96. The van der Waals surface area contributed by atoms with Crippen molar-refractivity contribution >= 4 is 12.0 Å². The third-order valence-corrected chi connectivity index (χ3v) is 6.80. The van der Waals surface area contributed by atoms with E-state index in [0.717, 1.165) is 18.4 Å². The molecule has 2 fully saturated rings. The zero-order valence-electron chi connectivity index (χ0n) is 20.0. The maximum atomic E-state index is 13.9. The maximum absolute atomic E-state index is 13.9. The average molecular weight is 455 g/mol. The molecule has 0 radical (unpaired) electrons. The first-order valence-corrected chi connectivity index (χ1v) is 12.3. The number of carbonyl (C=O) groups is 2. The fourth-order valence-corrected chi connectivity index (χ4v) is 4.96. The molecule has 1 aromatic carbocycles. The first-order valence-electron chi connectivity index (χ1n) is 12.3. The molecule has 1 aliphatic carbocycles. The van der Waals surface area contributed by atoms with E-state index in [9.17, 15) is 14.9 Å². The Morgan fingerprint density at radius 3 is 2.58 bits per heavy atom. The molecule has 33 heavy (non-hydrogen) atoms. The monoisotopic (exact) mass is 454 g/mol. The van der Waals surface area contributed by atoms with Crippen LogP contribution in [0.5, 0.6) is 0 Å². The summed E-state index contributed by atoms with van der Waals surface area (Å²) in [5.74, 6) is 0.430. The van der Waals surface area contributed by atoms with Gasteiger partial charge in [0, 0.05) is 13.1 Å². The molecule has 0 aromatic heterocycles. The average Bonchev–Trinajstić information content (AvgIpc) is 3.31. The molecule has 2 aliphatic rings. The Balaban J connectivity index is 1.74. The summed E-state index contributed by atoms with van der Waals surface area (Å²) in [5.41, 5.74) is 0.0260. The van der Waals surface area contributed by atoms with Crippen LogP contribution < -0.4 is 10.6 Å². The molecule has 0 bridgehead atoms. The minimum atomic E-state index is -0.862. The van der Waals surface area contributed by atoms with E-state index >= 15 is 0 Å². The fraction of sp³-hybridized carbons (Fsp3) is 0.654. The molecule has 7 heteroatoms. The minimum Gasteiger partial charge on any atom is -0.445 e. The molecule has 180 valence electrons. The van der Waals surface area contributed by atoms with Gasteiger partial charge in [0.15, 0.2) is 0 Å². The number of nitriles is 1. The highest BCUT2D eigenvalue weighted by atomic mass is 16.5. The van der Waals surface area contributed by atoms with Crippen LogP contribution in [0.3, 0.4) is 0 Å². The molecule has 2 amide bonds. The topological polar surface area (TPSA) is 94.5 Å². The zero-order chi connectivity index (χ0) is 23.7. The van der Waals surface area contributed by atoms with E-state index in [2.05, 4.69) is 16.7 Å².